The van der Waals surface area contributed by atoms with Crippen molar-refractivity contribution in [2.24, 2.45) is 11.7 Å². The van der Waals surface area contributed by atoms with E-state index in [1.165, 1.54) is 0 Å². The Morgan fingerprint density at radius 1 is 0.935 bits per heavy atom. The number of nitrogens with one attached hydrogen (secondary N) is 2. The summed E-state index contributed by atoms with van der Waals surface area (Å²) in [5.74, 6) is -1.05. The topological polar surface area (TPSA) is 111 Å². The lowest BCUT2D eigenvalue weighted by Crippen LogP contribution is -2.54. The first kappa shape index (κ1) is 24.2. The third kappa shape index (κ3) is 8.68. The first-order chi connectivity index (χ1) is 14.7. The number of primary amides is 1. The van der Waals surface area contributed by atoms with E-state index < -0.39 is 30.0 Å². The van der Waals surface area contributed by atoms with Gasteiger partial charge in [0.2, 0.25) is 11.8 Å². The second-order valence-corrected chi connectivity index (χ2v) is 8.12. The lowest BCUT2D eigenvalue weighted by atomic mass is 10.0. The van der Waals surface area contributed by atoms with Gasteiger partial charge in [-0.3, -0.25) is 9.59 Å². The first-order valence-corrected chi connectivity index (χ1v) is 10.4. The lowest BCUT2D eigenvalue weighted by molar-refractivity contribution is -0.128. The van der Waals surface area contributed by atoms with Crippen LogP contribution < -0.4 is 16.4 Å². The highest BCUT2D eigenvalue weighted by Gasteiger charge is 2.27. The Labute approximate surface area is 187 Å². The molecule has 3 amide bonds. The van der Waals surface area contributed by atoms with Gasteiger partial charge in [-0.15, -0.1) is 0 Å². The SMILES string of the molecule is CC(C)C[C@H](NC(=O)OCc1ccccc1)C(=O)N[C@H](Cc1ccc(Cl)cc1)C(N)=O. The molecule has 0 aliphatic heterocycles. The summed E-state index contributed by atoms with van der Waals surface area (Å²) in [5, 5.41) is 5.81. The normalized spacial score (nSPS) is 12.6. The van der Waals surface area contributed by atoms with Crippen LogP contribution in [0.5, 0.6) is 0 Å². The number of halogens is 1. The van der Waals surface area contributed by atoms with Gasteiger partial charge in [0.15, 0.2) is 0 Å². The average Bonchev–Trinajstić information content (AvgIpc) is 2.73. The van der Waals surface area contributed by atoms with Gasteiger partial charge in [-0.2, -0.15) is 0 Å². The van der Waals surface area contributed by atoms with Gasteiger partial charge in [-0.05, 0) is 35.6 Å². The highest BCUT2D eigenvalue weighted by molar-refractivity contribution is 6.30. The summed E-state index contributed by atoms with van der Waals surface area (Å²) in [5.41, 5.74) is 7.11. The molecule has 166 valence electrons. The zero-order chi connectivity index (χ0) is 22.8. The second kappa shape index (κ2) is 12.0. The van der Waals surface area contributed by atoms with Crippen molar-refractivity contribution in [2.75, 3.05) is 0 Å². The van der Waals surface area contributed by atoms with Crippen molar-refractivity contribution in [1.29, 1.82) is 0 Å². The summed E-state index contributed by atoms with van der Waals surface area (Å²) in [4.78, 5) is 37.0. The number of hydrogen-bond acceptors (Lipinski definition) is 4. The number of rotatable bonds is 10. The number of hydrogen-bond donors (Lipinski definition) is 3. The maximum absolute atomic E-state index is 12.8. The fourth-order valence-corrected chi connectivity index (χ4v) is 3.09. The van der Waals surface area contributed by atoms with Gasteiger partial charge in [0, 0.05) is 11.4 Å². The highest BCUT2D eigenvalue weighted by atomic mass is 35.5. The van der Waals surface area contributed by atoms with Crippen molar-refractivity contribution < 1.29 is 19.1 Å². The molecule has 2 aromatic rings. The molecular weight excluding hydrogens is 418 g/mol. The van der Waals surface area contributed by atoms with Crippen LogP contribution in [0.25, 0.3) is 0 Å². The zero-order valence-corrected chi connectivity index (χ0v) is 18.4. The molecule has 0 saturated heterocycles. The fraction of sp³-hybridized carbons (Fsp3) is 0.348. The van der Waals surface area contributed by atoms with Crippen molar-refractivity contribution in [1.82, 2.24) is 10.6 Å². The minimum absolute atomic E-state index is 0.0865. The van der Waals surface area contributed by atoms with Crippen LogP contribution in [0.1, 0.15) is 31.4 Å². The Kier molecular flexibility index (Phi) is 9.34. The molecule has 7 nitrogen and oxygen atoms in total. The van der Waals surface area contributed by atoms with Crippen molar-refractivity contribution in [3.8, 4) is 0 Å². The first-order valence-electron chi connectivity index (χ1n) is 10.1. The number of amides is 3. The number of alkyl carbamates (subject to hydrolysis) is 1. The molecule has 0 aliphatic rings. The summed E-state index contributed by atoms with van der Waals surface area (Å²) < 4.78 is 5.22. The van der Waals surface area contributed by atoms with Gasteiger partial charge in [0.25, 0.3) is 0 Å². The predicted octanol–water partition coefficient (Wildman–Crippen LogP) is 3.19. The van der Waals surface area contributed by atoms with E-state index in [9.17, 15) is 14.4 Å². The van der Waals surface area contributed by atoms with Gasteiger partial charge in [-0.25, -0.2) is 4.79 Å². The van der Waals surface area contributed by atoms with Gasteiger partial charge in [0.05, 0.1) is 0 Å². The summed E-state index contributed by atoms with van der Waals surface area (Å²) in [6, 6.07) is 14.3. The molecule has 0 bridgehead atoms. The monoisotopic (exact) mass is 445 g/mol. The minimum Gasteiger partial charge on any atom is -0.445 e. The van der Waals surface area contributed by atoms with E-state index >= 15 is 0 Å². The molecule has 2 rings (SSSR count). The van der Waals surface area contributed by atoms with E-state index in [2.05, 4.69) is 10.6 Å². The van der Waals surface area contributed by atoms with Crippen LogP contribution in [0.4, 0.5) is 4.79 Å². The van der Waals surface area contributed by atoms with Crippen LogP contribution in [0.3, 0.4) is 0 Å². The smallest absolute Gasteiger partial charge is 0.408 e. The van der Waals surface area contributed by atoms with E-state index in [1.807, 2.05) is 44.2 Å². The van der Waals surface area contributed by atoms with Crippen molar-refractivity contribution in [3.63, 3.8) is 0 Å². The maximum Gasteiger partial charge on any atom is 0.408 e. The van der Waals surface area contributed by atoms with Crippen LogP contribution in [0.15, 0.2) is 54.6 Å². The van der Waals surface area contributed by atoms with E-state index in [0.29, 0.717) is 11.4 Å². The van der Waals surface area contributed by atoms with Crippen LogP contribution in [0.2, 0.25) is 5.02 Å². The molecular formula is C23H28ClN3O4. The standard InChI is InChI=1S/C23H28ClN3O4/c1-15(2)12-20(27-23(30)31-14-17-6-4-3-5-7-17)22(29)26-19(21(25)28)13-16-8-10-18(24)11-9-16/h3-11,15,19-20H,12-14H2,1-2H3,(H2,25,28)(H,26,29)(H,27,30)/t19-,20+/m1/s1. The van der Waals surface area contributed by atoms with Crippen molar-refractivity contribution in [3.05, 3.63) is 70.7 Å². The summed E-state index contributed by atoms with van der Waals surface area (Å²) >= 11 is 5.88. The summed E-state index contributed by atoms with van der Waals surface area (Å²) in [7, 11) is 0. The Bertz CT molecular complexity index is 872. The summed E-state index contributed by atoms with van der Waals surface area (Å²) in [6.45, 7) is 3.94. The molecule has 2 aromatic carbocycles. The quantitative estimate of drug-likeness (QED) is 0.521. The number of carbonyl (C=O) groups excluding carboxylic acids is 3. The van der Waals surface area contributed by atoms with Crippen molar-refractivity contribution in [2.45, 2.75) is 45.4 Å². The number of benzene rings is 2. The highest BCUT2D eigenvalue weighted by Crippen LogP contribution is 2.12. The molecule has 0 fully saturated rings. The van der Waals surface area contributed by atoms with Crippen LogP contribution in [0, 0.1) is 5.92 Å². The largest absolute Gasteiger partial charge is 0.445 e. The van der Waals surface area contributed by atoms with E-state index in [0.717, 1.165) is 11.1 Å². The fourth-order valence-electron chi connectivity index (χ4n) is 2.96. The molecule has 0 unspecified atom stereocenters. The number of nitrogens with two attached hydrogens (primary N) is 1. The number of carbonyl (C=O) groups is 3. The van der Waals surface area contributed by atoms with Gasteiger partial charge >= 0.3 is 6.09 Å². The number of ether oxygens (including phenoxy) is 1. The molecule has 0 spiro atoms. The van der Waals surface area contributed by atoms with E-state index in [4.69, 9.17) is 22.1 Å². The molecule has 2 atom stereocenters. The van der Waals surface area contributed by atoms with Gasteiger partial charge in [-0.1, -0.05) is 67.9 Å². The maximum atomic E-state index is 12.8. The van der Waals surface area contributed by atoms with Crippen LogP contribution in [-0.2, 0) is 27.4 Å². The molecule has 0 saturated carbocycles. The predicted molar refractivity (Wildman–Crippen MR) is 119 cm³/mol. The Morgan fingerprint density at radius 2 is 1.58 bits per heavy atom. The molecule has 31 heavy (non-hydrogen) atoms. The summed E-state index contributed by atoms with van der Waals surface area (Å²) in [6.07, 6.45) is -0.123. The average molecular weight is 446 g/mol. The third-order valence-electron chi connectivity index (χ3n) is 4.54. The Morgan fingerprint density at radius 3 is 2.16 bits per heavy atom. The Hall–Kier alpha value is -3.06. The second-order valence-electron chi connectivity index (χ2n) is 7.68. The van der Waals surface area contributed by atoms with Crippen molar-refractivity contribution >= 4 is 29.5 Å². The van der Waals surface area contributed by atoms with Crippen LogP contribution >= 0.6 is 11.6 Å². The molecule has 0 aromatic heterocycles. The van der Waals surface area contributed by atoms with Crippen LogP contribution in [-0.4, -0.2) is 30.0 Å². The molecule has 0 heterocycles. The van der Waals surface area contributed by atoms with E-state index in [-0.39, 0.29) is 18.9 Å². The van der Waals surface area contributed by atoms with E-state index in [1.54, 1.807) is 24.3 Å². The molecule has 0 radical (unpaired) electrons. The molecule has 0 aliphatic carbocycles. The zero-order valence-electron chi connectivity index (χ0n) is 17.6. The van der Waals surface area contributed by atoms with Gasteiger partial charge < -0.3 is 21.1 Å². The Balaban J connectivity index is 1.99. The third-order valence-corrected chi connectivity index (χ3v) is 4.79. The molecule has 8 heteroatoms. The minimum atomic E-state index is -0.925. The van der Waals surface area contributed by atoms with Gasteiger partial charge in [0.1, 0.15) is 18.7 Å². The molecule has 4 N–H and O–H groups in total. The lowest BCUT2D eigenvalue weighted by Gasteiger charge is -2.23.